The van der Waals surface area contributed by atoms with Crippen molar-refractivity contribution in [2.45, 2.75) is 33.6 Å². The van der Waals surface area contributed by atoms with Gasteiger partial charge in [-0.3, -0.25) is 14.6 Å². The number of aryl methyl sites for hydroxylation is 4. The Bertz CT molecular complexity index is 669. The van der Waals surface area contributed by atoms with Gasteiger partial charge in [0.05, 0.1) is 16.4 Å². The second-order valence-electron chi connectivity index (χ2n) is 5.61. The number of aromatic nitrogens is 4. The standard InChI is InChI=1S/C15H22ClN5O/c1-9-12(10(2)18-17-9)7-6-8-20(4)15(22)14-13(16)11(3)19-21(14)5/h6-8H2,1-5H3,(H,17,18). The zero-order valence-corrected chi connectivity index (χ0v) is 14.5. The van der Waals surface area contributed by atoms with Crippen molar-refractivity contribution in [3.8, 4) is 0 Å². The van der Waals surface area contributed by atoms with Gasteiger partial charge in [-0.2, -0.15) is 10.2 Å². The van der Waals surface area contributed by atoms with Crippen molar-refractivity contribution in [1.29, 1.82) is 0 Å². The number of hydrogen-bond donors (Lipinski definition) is 1. The monoisotopic (exact) mass is 323 g/mol. The first-order chi connectivity index (χ1) is 10.3. The van der Waals surface area contributed by atoms with Crippen molar-refractivity contribution in [2.24, 2.45) is 7.05 Å². The number of amides is 1. The van der Waals surface area contributed by atoms with Crippen LogP contribution in [0.3, 0.4) is 0 Å². The molecule has 0 aliphatic rings. The number of rotatable bonds is 5. The highest BCUT2D eigenvalue weighted by Crippen LogP contribution is 2.21. The molecule has 0 aliphatic carbocycles. The van der Waals surface area contributed by atoms with Crippen LogP contribution in [0.5, 0.6) is 0 Å². The van der Waals surface area contributed by atoms with E-state index in [1.807, 2.05) is 13.8 Å². The van der Waals surface area contributed by atoms with Crippen molar-refractivity contribution in [1.82, 2.24) is 24.9 Å². The smallest absolute Gasteiger partial charge is 0.273 e. The maximum absolute atomic E-state index is 12.5. The molecule has 1 amide bonds. The van der Waals surface area contributed by atoms with Crippen LogP contribution in [0.2, 0.25) is 5.02 Å². The lowest BCUT2D eigenvalue weighted by Gasteiger charge is -2.17. The van der Waals surface area contributed by atoms with E-state index < -0.39 is 0 Å². The summed E-state index contributed by atoms with van der Waals surface area (Å²) in [5.41, 5.74) is 4.46. The first-order valence-corrected chi connectivity index (χ1v) is 7.65. The van der Waals surface area contributed by atoms with Crippen LogP contribution >= 0.6 is 11.6 Å². The maximum Gasteiger partial charge on any atom is 0.273 e. The quantitative estimate of drug-likeness (QED) is 0.919. The zero-order chi connectivity index (χ0) is 16.4. The Kier molecular flexibility index (Phi) is 4.90. The summed E-state index contributed by atoms with van der Waals surface area (Å²) in [4.78, 5) is 14.2. The minimum atomic E-state index is -0.103. The predicted molar refractivity (Wildman–Crippen MR) is 86.3 cm³/mol. The molecule has 0 spiro atoms. The van der Waals surface area contributed by atoms with Crippen LogP contribution in [0, 0.1) is 20.8 Å². The van der Waals surface area contributed by atoms with E-state index in [9.17, 15) is 4.79 Å². The molecule has 0 unspecified atom stereocenters. The van der Waals surface area contributed by atoms with Gasteiger partial charge in [0.1, 0.15) is 5.69 Å². The third-order valence-corrected chi connectivity index (χ3v) is 4.35. The summed E-state index contributed by atoms with van der Waals surface area (Å²) in [5, 5.41) is 11.8. The van der Waals surface area contributed by atoms with Crippen LogP contribution in [-0.2, 0) is 13.5 Å². The van der Waals surface area contributed by atoms with Crippen LogP contribution < -0.4 is 0 Å². The number of nitrogens with zero attached hydrogens (tertiary/aromatic N) is 4. The molecule has 7 heteroatoms. The lowest BCUT2D eigenvalue weighted by atomic mass is 10.1. The number of aromatic amines is 1. The summed E-state index contributed by atoms with van der Waals surface area (Å²) in [5.74, 6) is -0.103. The molecule has 0 radical (unpaired) electrons. The van der Waals surface area contributed by atoms with Crippen LogP contribution in [-0.4, -0.2) is 44.4 Å². The summed E-state index contributed by atoms with van der Waals surface area (Å²) >= 11 is 6.17. The highest BCUT2D eigenvalue weighted by molar-refractivity contribution is 6.34. The van der Waals surface area contributed by atoms with Gasteiger partial charge in [-0.25, -0.2) is 0 Å². The Morgan fingerprint density at radius 3 is 2.50 bits per heavy atom. The normalized spacial score (nSPS) is 11.0. The topological polar surface area (TPSA) is 66.8 Å². The first kappa shape index (κ1) is 16.5. The molecule has 0 aliphatic heterocycles. The van der Waals surface area contributed by atoms with E-state index in [-0.39, 0.29) is 5.91 Å². The Morgan fingerprint density at radius 2 is 2.00 bits per heavy atom. The molecule has 0 atom stereocenters. The van der Waals surface area contributed by atoms with Gasteiger partial charge in [-0.15, -0.1) is 0 Å². The Balaban J connectivity index is 1.97. The Hall–Kier alpha value is -1.82. The van der Waals surface area contributed by atoms with E-state index in [4.69, 9.17) is 11.6 Å². The summed E-state index contributed by atoms with van der Waals surface area (Å²) in [6, 6.07) is 0. The molecule has 0 bridgehead atoms. The molecule has 6 nitrogen and oxygen atoms in total. The second-order valence-corrected chi connectivity index (χ2v) is 5.99. The van der Waals surface area contributed by atoms with E-state index in [1.54, 1.807) is 30.6 Å². The van der Waals surface area contributed by atoms with Gasteiger partial charge in [0, 0.05) is 26.3 Å². The second kappa shape index (κ2) is 6.52. The number of H-pyrrole nitrogens is 1. The van der Waals surface area contributed by atoms with Gasteiger partial charge in [0.2, 0.25) is 0 Å². The van der Waals surface area contributed by atoms with Gasteiger partial charge in [0.15, 0.2) is 0 Å². The highest BCUT2D eigenvalue weighted by atomic mass is 35.5. The van der Waals surface area contributed by atoms with E-state index in [0.29, 0.717) is 23.0 Å². The third kappa shape index (κ3) is 3.16. The molecule has 1 N–H and O–H groups in total. The fraction of sp³-hybridized carbons (Fsp3) is 0.533. The molecule has 0 aromatic carbocycles. The van der Waals surface area contributed by atoms with Crippen LogP contribution in [0.1, 0.15) is 39.6 Å². The Labute approximate surface area is 135 Å². The molecule has 120 valence electrons. The zero-order valence-electron chi connectivity index (χ0n) is 13.7. The van der Waals surface area contributed by atoms with Gasteiger partial charge >= 0.3 is 0 Å². The molecule has 0 saturated carbocycles. The van der Waals surface area contributed by atoms with Gasteiger partial charge in [-0.1, -0.05) is 11.6 Å². The molecular weight excluding hydrogens is 302 g/mol. The van der Waals surface area contributed by atoms with Crippen LogP contribution in [0.4, 0.5) is 0 Å². The first-order valence-electron chi connectivity index (χ1n) is 7.28. The van der Waals surface area contributed by atoms with E-state index >= 15 is 0 Å². The Morgan fingerprint density at radius 1 is 1.32 bits per heavy atom. The number of carbonyl (C=O) groups excluding carboxylic acids is 1. The van der Waals surface area contributed by atoms with Crippen molar-refractivity contribution < 1.29 is 4.79 Å². The lowest BCUT2D eigenvalue weighted by Crippen LogP contribution is -2.30. The summed E-state index contributed by atoms with van der Waals surface area (Å²) in [7, 11) is 3.52. The van der Waals surface area contributed by atoms with Crippen molar-refractivity contribution >= 4 is 17.5 Å². The number of hydrogen-bond acceptors (Lipinski definition) is 3. The van der Waals surface area contributed by atoms with Crippen molar-refractivity contribution in [3.63, 3.8) is 0 Å². The van der Waals surface area contributed by atoms with Crippen LogP contribution in [0.25, 0.3) is 0 Å². The molecule has 2 heterocycles. The average Bonchev–Trinajstić information content (AvgIpc) is 2.90. The fourth-order valence-electron chi connectivity index (χ4n) is 2.58. The summed E-state index contributed by atoms with van der Waals surface area (Å²) in [6.45, 7) is 6.46. The summed E-state index contributed by atoms with van der Waals surface area (Å²) < 4.78 is 1.54. The molecule has 0 saturated heterocycles. The fourth-order valence-corrected chi connectivity index (χ4v) is 2.82. The summed E-state index contributed by atoms with van der Waals surface area (Å²) in [6.07, 6.45) is 1.77. The van der Waals surface area contributed by atoms with E-state index in [0.717, 1.165) is 24.2 Å². The minimum absolute atomic E-state index is 0.103. The van der Waals surface area contributed by atoms with Gasteiger partial charge < -0.3 is 4.90 Å². The van der Waals surface area contributed by atoms with Gasteiger partial charge in [-0.05, 0) is 39.2 Å². The molecular formula is C15H22ClN5O. The lowest BCUT2D eigenvalue weighted by molar-refractivity contribution is 0.0783. The molecule has 22 heavy (non-hydrogen) atoms. The number of nitrogens with one attached hydrogen (secondary N) is 1. The molecule has 0 fully saturated rings. The minimum Gasteiger partial charge on any atom is -0.340 e. The van der Waals surface area contributed by atoms with Gasteiger partial charge in [0.25, 0.3) is 5.91 Å². The SMILES string of the molecule is Cc1nn(C)c(C(=O)N(C)CCCc2c(C)n[nH]c2C)c1Cl. The largest absolute Gasteiger partial charge is 0.340 e. The molecule has 2 aromatic rings. The average molecular weight is 324 g/mol. The third-order valence-electron chi connectivity index (χ3n) is 3.90. The predicted octanol–water partition coefficient (Wildman–Crippen LogP) is 2.43. The maximum atomic E-state index is 12.5. The highest BCUT2D eigenvalue weighted by Gasteiger charge is 2.21. The van der Waals surface area contributed by atoms with E-state index in [2.05, 4.69) is 15.3 Å². The molecule has 2 aromatic heterocycles. The number of carbonyl (C=O) groups is 1. The van der Waals surface area contributed by atoms with E-state index in [1.165, 1.54) is 5.56 Å². The molecule has 2 rings (SSSR count). The van der Waals surface area contributed by atoms with Crippen LogP contribution in [0.15, 0.2) is 0 Å². The van der Waals surface area contributed by atoms with Crippen molar-refractivity contribution in [3.05, 3.63) is 33.4 Å². The van der Waals surface area contributed by atoms with Crippen molar-refractivity contribution in [2.75, 3.05) is 13.6 Å². The number of halogens is 1.